The molecule has 1 aromatic heterocycles. The van der Waals surface area contributed by atoms with Gasteiger partial charge in [-0.2, -0.15) is 5.10 Å². The molecule has 0 aliphatic carbocycles. The molecular formula is C11H19N3O. The number of nitrogens with one attached hydrogen (secondary N) is 1. The van der Waals surface area contributed by atoms with Crippen molar-refractivity contribution in [3.05, 3.63) is 31.1 Å². The van der Waals surface area contributed by atoms with Crippen LogP contribution in [0.1, 0.15) is 6.42 Å². The molecule has 1 aromatic rings. The van der Waals surface area contributed by atoms with Crippen LogP contribution in [-0.2, 0) is 11.3 Å². The summed E-state index contributed by atoms with van der Waals surface area (Å²) in [4.78, 5) is 0. The standard InChI is InChI=1S/C11H19N3O/c1-2-3-10-15-11-7-12-6-9-14-8-4-5-13-14/h2,4-5,8,12H,1,3,6-7,9-11H2. The predicted molar refractivity (Wildman–Crippen MR) is 60.7 cm³/mol. The van der Waals surface area contributed by atoms with E-state index in [-0.39, 0.29) is 0 Å². The van der Waals surface area contributed by atoms with Gasteiger partial charge in [0.15, 0.2) is 0 Å². The summed E-state index contributed by atoms with van der Waals surface area (Å²) in [7, 11) is 0. The Labute approximate surface area is 90.9 Å². The number of ether oxygens (including phenoxy) is 1. The first kappa shape index (κ1) is 11.9. The van der Waals surface area contributed by atoms with E-state index in [4.69, 9.17) is 4.74 Å². The van der Waals surface area contributed by atoms with Crippen LogP contribution in [0, 0.1) is 0 Å². The van der Waals surface area contributed by atoms with E-state index in [2.05, 4.69) is 17.0 Å². The van der Waals surface area contributed by atoms with Crippen molar-refractivity contribution in [1.29, 1.82) is 0 Å². The fraction of sp³-hybridized carbons (Fsp3) is 0.545. The van der Waals surface area contributed by atoms with Crippen LogP contribution in [-0.4, -0.2) is 36.1 Å². The quantitative estimate of drug-likeness (QED) is 0.488. The second-order valence-corrected chi connectivity index (χ2v) is 3.21. The molecule has 0 unspecified atom stereocenters. The van der Waals surface area contributed by atoms with Gasteiger partial charge in [0.25, 0.3) is 0 Å². The van der Waals surface area contributed by atoms with Crippen LogP contribution < -0.4 is 5.32 Å². The van der Waals surface area contributed by atoms with E-state index in [0.717, 1.165) is 39.3 Å². The Morgan fingerprint density at radius 1 is 1.40 bits per heavy atom. The lowest BCUT2D eigenvalue weighted by molar-refractivity contribution is 0.140. The van der Waals surface area contributed by atoms with Crippen molar-refractivity contribution in [3.63, 3.8) is 0 Å². The van der Waals surface area contributed by atoms with Gasteiger partial charge in [0.05, 0.1) is 19.8 Å². The zero-order valence-corrected chi connectivity index (χ0v) is 9.06. The molecule has 0 spiro atoms. The topological polar surface area (TPSA) is 39.1 Å². The first-order valence-electron chi connectivity index (χ1n) is 5.30. The minimum Gasteiger partial charge on any atom is -0.380 e. The molecule has 1 rings (SSSR count). The molecular weight excluding hydrogens is 190 g/mol. The fourth-order valence-corrected chi connectivity index (χ4v) is 1.16. The lowest BCUT2D eigenvalue weighted by Crippen LogP contribution is -2.24. The van der Waals surface area contributed by atoms with Crippen LogP contribution >= 0.6 is 0 Å². The zero-order chi connectivity index (χ0) is 10.8. The highest BCUT2D eigenvalue weighted by Crippen LogP contribution is 1.83. The zero-order valence-electron chi connectivity index (χ0n) is 9.06. The van der Waals surface area contributed by atoms with Gasteiger partial charge in [-0.25, -0.2) is 0 Å². The van der Waals surface area contributed by atoms with Crippen LogP contribution in [0.4, 0.5) is 0 Å². The van der Waals surface area contributed by atoms with Gasteiger partial charge in [0, 0.05) is 25.5 Å². The average Bonchev–Trinajstić information content (AvgIpc) is 2.75. The molecule has 0 radical (unpaired) electrons. The molecule has 4 heteroatoms. The molecule has 84 valence electrons. The average molecular weight is 209 g/mol. The number of nitrogens with zero attached hydrogens (tertiary/aromatic N) is 2. The Bertz CT molecular complexity index is 246. The molecule has 0 saturated heterocycles. The summed E-state index contributed by atoms with van der Waals surface area (Å²) in [5, 5.41) is 7.40. The van der Waals surface area contributed by atoms with Crippen molar-refractivity contribution >= 4 is 0 Å². The number of rotatable bonds is 9. The van der Waals surface area contributed by atoms with Crippen LogP contribution in [0.5, 0.6) is 0 Å². The third kappa shape index (κ3) is 6.04. The highest BCUT2D eigenvalue weighted by atomic mass is 16.5. The summed E-state index contributed by atoms with van der Waals surface area (Å²) in [5.41, 5.74) is 0. The van der Waals surface area contributed by atoms with Crippen molar-refractivity contribution in [3.8, 4) is 0 Å². The molecule has 1 heterocycles. The first-order chi connectivity index (χ1) is 7.43. The highest BCUT2D eigenvalue weighted by molar-refractivity contribution is 4.77. The number of hydrogen-bond donors (Lipinski definition) is 1. The maximum atomic E-state index is 5.36. The van der Waals surface area contributed by atoms with Gasteiger partial charge in [0.2, 0.25) is 0 Å². The van der Waals surface area contributed by atoms with E-state index in [0.29, 0.717) is 0 Å². The first-order valence-corrected chi connectivity index (χ1v) is 5.30. The molecule has 4 nitrogen and oxygen atoms in total. The molecule has 0 bridgehead atoms. The van der Waals surface area contributed by atoms with E-state index < -0.39 is 0 Å². The second-order valence-electron chi connectivity index (χ2n) is 3.21. The van der Waals surface area contributed by atoms with Crippen molar-refractivity contribution in [2.24, 2.45) is 0 Å². The maximum absolute atomic E-state index is 5.36. The summed E-state index contributed by atoms with van der Waals surface area (Å²) in [6.07, 6.45) is 6.54. The molecule has 1 N–H and O–H groups in total. The van der Waals surface area contributed by atoms with Crippen LogP contribution in [0.25, 0.3) is 0 Å². The molecule has 15 heavy (non-hydrogen) atoms. The molecule has 0 fully saturated rings. The minimum atomic E-state index is 0.757. The Morgan fingerprint density at radius 2 is 2.33 bits per heavy atom. The van der Waals surface area contributed by atoms with Gasteiger partial charge in [-0.1, -0.05) is 6.08 Å². The molecule has 0 aromatic carbocycles. The Balaban J connectivity index is 1.83. The third-order valence-corrected chi connectivity index (χ3v) is 1.97. The minimum absolute atomic E-state index is 0.757. The van der Waals surface area contributed by atoms with Crippen molar-refractivity contribution in [2.45, 2.75) is 13.0 Å². The summed E-state index contributed by atoms with van der Waals surface area (Å²) >= 11 is 0. The van der Waals surface area contributed by atoms with E-state index in [1.165, 1.54) is 0 Å². The molecule has 0 saturated carbocycles. The maximum Gasteiger partial charge on any atom is 0.0591 e. The second kappa shape index (κ2) is 8.20. The highest BCUT2D eigenvalue weighted by Gasteiger charge is 1.90. The lowest BCUT2D eigenvalue weighted by atomic mass is 10.4. The van der Waals surface area contributed by atoms with Gasteiger partial charge in [-0.15, -0.1) is 6.58 Å². The van der Waals surface area contributed by atoms with Gasteiger partial charge < -0.3 is 10.1 Å². The normalized spacial score (nSPS) is 10.4. The van der Waals surface area contributed by atoms with Gasteiger partial charge in [-0.3, -0.25) is 4.68 Å². The van der Waals surface area contributed by atoms with E-state index >= 15 is 0 Å². The van der Waals surface area contributed by atoms with Crippen molar-refractivity contribution in [2.75, 3.05) is 26.3 Å². The Morgan fingerprint density at radius 3 is 3.07 bits per heavy atom. The van der Waals surface area contributed by atoms with E-state index in [1.807, 2.05) is 23.0 Å². The monoisotopic (exact) mass is 209 g/mol. The Kier molecular flexibility index (Phi) is 6.53. The van der Waals surface area contributed by atoms with Gasteiger partial charge in [-0.05, 0) is 12.5 Å². The number of aromatic nitrogens is 2. The van der Waals surface area contributed by atoms with Crippen molar-refractivity contribution < 1.29 is 4.74 Å². The summed E-state index contributed by atoms with van der Waals surface area (Å²) in [6.45, 7) is 7.87. The van der Waals surface area contributed by atoms with Gasteiger partial charge >= 0.3 is 0 Å². The number of hydrogen-bond acceptors (Lipinski definition) is 3. The lowest BCUT2D eigenvalue weighted by Gasteiger charge is -2.05. The molecule has 0 aliphatic rings. The van der Waals surface area contributed by atoms with E-state index in [1.54, 1.807) is 6.20 Å². The largest absolute Gasteiger partial charge is 0.380 e. The molecule has 0 atom stereocenters. The van der Waals surface area contributed by atoms with Crippen LogP contribution in [0.2, 0.25) is 0 Å². The summed E-state index contributed by atoms with van der Waals surface area (Å²) in [5.74, 6) is 0. The summed E-state index contributed by atoms with van der Waals surface area (Å²) < 4.78 is 7.26. The van der Waals surface area contributed by atoms with Crippen molar-refractivity contribution in [1.82, 2.24) is 15.1 Å². The predicted octanol–water partition coefficient (Wildman–Crippen LogP) is 1.07. The fourth-order valence-electron chi connectivity index (χ4n) is 1.16. The SMILES string of the molecule is C=CCCOCCNCCn1cccn1. The Hall–Kier alpha value is -1.13. The third-order valence-electron chi connectivity index (χ3n) is 1.97. The summed E-state index contributed by atoms with van der Waals surface area (Å²) in [6, 6.07) is 1.93. The van der Waals surface area contributed by atoms with Gasteiger partial charge in [0.1, 0.15) is 0 Å². The molecule has 0 amide bonds. The van der Waals surface area contributed by atoms with E-state index in [9.17, 15) is 0 Å². The molecule has 0 aliphatic heterocycles. The van der Waals surface area contributed by atoms with Crippen LogP contribution in [0.15, 0.2) is 31.1 Å². The smallest absolute Gasteiger partial charge is 0.0591 e. The van der Waals surface area contributed by atoms with Crippen LogP contribution in [0.3, 0.4) is 0 Å².